The summed E-state index contributed by atoms with van der Waals surface area (Å²) in [6, 6.07) is 8.55. The quantitative estimate of drug-likeness (QED) is 0.190. The minimum atomic E-state index is 0.826. The van der Waals surface area contributed by atoms with E-state index in [4.69, 9.17) is 0 Å². The molecule has 0 atom stereocenters. The maximum atomic E-state index is 11.3. The Balaban J connectivity index is 1.98. The fourth-order valence-electron chi connectivity index (χ4n) is 3.83. The summed E-state index contributed by atoms with van der Waals surface area (Å²) in [4.78, 5) is 17.6. The molecule has 0 aliphatic heterocycles. The van der Waals surface area contributed by atoms with Gasteiger partial charge in [-0.25, -0.2) is 0 Å². The molecule has 4 heteroatoms. The van der Waals surface area contributed by atoms with Gasteiger partial charge in [0.25, 0.3) is 0 Å². The molecular weight excluding hydrogens is 412 g/mol. The minimum Gasteiger partial charge on any atom is -0.297 e. The fraction of sp³-hybridized carbons (Fsp3) is 0.480. The van der Waals surface area contributed by atoms with Crippen LogP contribution in [0.15, 0.2) is 29.6 Å². The second-order valence-corrected chi connectivity index (χ2v) is 10.7. The van der Waals surface area contributed by atoms with Crippen LogP contribution in [0.2, 0.25) is 0 Å². The molecule has 0 aliphatic carbocycles. The van der Waals surface area contributed by atoms with E-state index in [0.29, 0.717) is 0 Å². The number of aldehydes is 1. The summed E-state index contributed by atoms with van der Waals surface area (Å²) in [5.41, 5.74) is 3.14. The lowest BCUT2D eigenvalue weighted by molar-refractivity contribution is 0.112. The van der Waals surface area contributed by atoms with E-state index in [1.54, 1.807) is 22.5 Å². The second-order valence-electron chi connectivity index (χ2n) is 7.64. The summed E-state index contributed by atoms with van der Waals surface area (Å²) in [6.45, 7) is 4.55. The molecule has 0 saturated carbocycles. The van der Waals surface area contributed by atoms with Crippen LogP contribution in [0.4, 0.5) is 0 Å². The van der Waals surface area contributed by atoms with Crippen LogP contribution in [-0.2, 0) is 12.8 Å². The van der Waals surface area contributed by atoms with E-state index in [0.717, 1.165) is 17.6 Å². The highest BCUT2D eigenvalue weighted by molar-refractivity contribution is 7.26. The van der Waals surface area contributed by atoms with Gasteiger partial charge in [-0.2, -0.15) is 0 Å². The summed E-state index contributed by atoms with van der Waals surface area (Å²) in [6.07, 6.45) is 13.7. The molecule has 0 unspecified atom stereocenters. The summed E-state index contributed by atoms with van der Waals surface area (Å²) >= 11 is 5.44. The number of carbonyl (C=O) groups is 1. The highest BCUT2D eigenvalue weighted by Gasteiger charge is 2.21. The van der Waals surface area contributed by atoms with Crippen molar-refractivity contribution in [2.24, 2.45) is 0 Å². The number of unbranched alkanes of at least 4 members (excludes halogenated alkanes) is 6. The number of thiophene rings is 3. The van der Waals surface area contributed by atoms with Crippen molar-refractivity contribution in [2.75, 3.05) is 0 Å². The molecule has 3 rings (SSSR count). The number of hydrogen-bond donors (Lipinski definition) is 0. The smallest absolute Gasteiger partial charge is 0.160 e. The molecule has 0 fully saturated rings. The van der Waals surface area contributed by atoms with Gasteiger partial charge in [0.1, 0.15) is 0 Å². The van der Waals surface area contributed by atoms with E-state index < -0.39 is 0 Å². The fourth-order valence-corrected chi connectivity index (χ4v) is 7.07. The van der Waals surface area contributed by atoms with Crippen molar-refractivity contribution in [2.45, 2.75) is 78.1 Å². The van der Waals surface area contributed by atoms with Crippen LogP contribution in [0, 0.1) is 0 Å². The van der Waals surface area contributed by atoms with E-state index in [1.807, 2.05) is 28.7 Å². The van der Waals surface area contributed by atoms with Crippen molar-refractivity contribution in [1.29, 1.82) is 0 Å². The second kappa shape index (κ2) is 11.8. The van der Waals surface area contributed by atoms with Crippen molar-refractivity contribution in [3.05, 3.63) is 45.6 Å². The predicted octanol–water partition coefficient (Wildman–Crippen LogP) is 9.26. The summed E-state index contributed by atoms with van der Waals surface area (Å²) in [5.74, 6) is 0. The minimum absolute atomic E-state index is 0.826. The van der Waals surface area contributed by atoms with Crippen LogP contribution >= 0.6 is 34.0 Å². The van der Waals surface area contributed by atoms with Crippen LogP contribution in [0.5, 0.6) is 0 Å². The van der Waals surface area contributed by atoms with Crippen LogP contribution in [0.1, 0.15) is 86.0 Å². The zero-order chi connectivity index (χ0) is 20.5. The Labute approximate surface area is 187 Å². The first-order valence-corrected chi connectivity index (χ1v) is 13.5. The lowest BCUT2D eigenvalue weighted by Crippen LogP contribution is -1.95. The largest absolute Gasteiger partial charge is 0.297 e. The molecule has 29 heavy (non-hydrogen) atoms. The molecule has 0 aliphatic rings. The van der Waals surface area contributed by atoms with Crippen molar-refractivity contribution in [1.82, 2.24) is 0 Å². The van der Waals surface area contributed by atoms with E-state index in [2.05, 4.69) is 37.4 Å². The van der Waals surface area contributed by atoms with Crippen LogP contribution in [0.3, 0.4) is 0 Å². The average molecular weight is 445 g/mol. The van der Waals surface area contributed by atoms with Gasteiger partial charge in [-0.3, -0.25) is 4.79 Å². The highest BCUT2D eigenvalue weighted by atomic mass is 32.1. The van der Waals surface area contributed by atoms with Gasteiger partial charge in [-0.05, 0) is 60.4 Å². The third-order valence-corrected chi connectivity index (χ3v) is 8.90. The average Bonchev–Trinajstić information content (AvgIpc) is 3.48. The molecule has 0 radical (unpaired) electrons. The Morgan fingerprint density at radius 3 is 1.93 bits per heavy atom. The molecule has 0 amide bonds. The van der Waals surface area contributed by atoms with Gasteiger partial charge >= 0.3 is 0 Å². The molecule has 0 saturated heterocycles. The highest BCUT2D eigenvalue weighted by Crippen LogP contribution is 2.46. The number of carbonyl (C=O) groups excluding carboxylic acids is 1. The lowest BCUT2D eigenvalue weighted by Gasteiger charge is -2.09. The molecule has 156 valence electrons. The van der Waals surface area contributed by atoms with Gasteiger partial charge in [-0.1, -0.05) is 58.4 Å². The zero-order valence-electron chi connectivity index (χ0n) is 17.7. The normalized spacial score (nSPS) is 11.2. The molecule has 3 heterocycles. The summed E-state index contributed by atoms with van der Waals surface area (Å²) in [7, 11) is 0. The van der Waals surface area contributed by atoms with Gasteiger partial charge in [-0.15, -0.1) is 34.0 Å². The maximum Gasteiger partial charge on any atom is 0.160 e. The first-order valence-electron chi connectivity index (χ1n) is 11.0. The monoisotopic (exact) mass is 444 g/mol. The van der Waals surface area contributed by atoms with Gasteiger partial charge in [0, 0.05) is 19.5 Å². The topological polar surface area (TPSA) is 17.1 Å². The maximum absolute atomic E-state index is 11.3. The van der Waals surface area contributed by atoms with E-state index in [1.165, 1.54) is 77.3 Å². The van der Waals surface area contributed by atoms with Gasteiger partial charge in [0.2, 0.25) is 0 Å². The van der Waals surface area contributed by atoms with Gasteiger partial charge < -0.3 is 0 Å². The zero-order valence-corrected chi connectivity index (χ0v) is 20.1. The van der Waals surface area contributed by atoms with E-state index in [-0.39, 0.29) is 0 Å². The SMILES string of the molecule is CCCCCCc1c(-c2cccs2)sc(-c2ccc(C=O)s2)c1CCCCCC. The third kappa shape index (κ3) is 5.90. The standard InChI is InChI=1S/C25H32OS3/c1-3-5-7-9-12-20-21(13-10-8-6-4-2)25(23-16-15-19(18-26)28-23)29-24(20)22-14-11-17-27-22/h11,14-18H,3-10,12-13H2,1-2H3. The molecule has 3 aromatic rings. The van der Waals surface area contributed by atoms with Crippen LogP contribution in [0.25, 0.3) is 19.5 Å². The molecular formula is C25H32OS3. The Kier molecular flexibility index (Phi) is 9.16. The van der Waals surface area contributed by atoms with Crippen molar-refractivity contribution < 1.29 is 4.79 Å². The molecule has 0 aromatic carbocycles. The summed E-state index contributed by atoms with van der Waals surface area (Å²) < 4.78 is 0. The molecule has 0 bridgehead atoms. The Hall–Kier alpha value is -1.23. The Morgan fingerprint density at radius 1 is 0.759 bits per heavy atom. The first kappa shape index (κ1) is 22.5. The number of rotatable bonds is 13. The van der Waals surface area contributed by atoms with Crippen LogP contribution < -0.4 is 0 Å². The Morgan fingerprint density at radius 2 is 1.41 bits per heavy atom. The molecule has 3 aromatic heterocycles. The Bertz CT molecular complexity index is 870. The molecule has 1 nitrogen and oxygen atoms in total. The molecule has 0 spiro atoms. The first-order chi connectivity index (χ1) is 14.3. The molecule has 0 N–H and O–H groups in total. The predicted molar refractivity (Wildman–Crippen MR) is 132 cm³/mol. The van der Waals surface area contributed by atoms with E-state index in [9.17, 15) is 4.79 Å². The van der Waals surface area contributed by atoms with E-state index >= 15 is 0 Å². The van der Waals surface area contributed by atoms with Gasteiger partial charge in [0.05, 0.1) is 4.88 Å². The third-order valence-electron chi connectivity index (χ3n) is 5.39. The van der Waals surface area contributed by atoms with Crippen molar-refractivity contribution in [3.63, 3.8) is 0 Å². The van der Waals surface area contributed by atoms with Gasteiger partial charge in [0.15, 0.2) is 6.29 Å². The van der Waals surface area contributed by atoms with Crippen molar-refractivity contribution in [3.8, 4) is 19.5 Å². The summed E-state index contributed by atoms with van der Waals surface area (Å²) in [5, 5.41) is 2.19. The number of hydrogen-bond acceptors (Lipinski definition) is 4. The van der Waals surface area contributed by atoms with Crippen molar-refractivity contribution >= 4 is 40.3 Å². The van der Waals surface area contributed by atoms with Crippen LogP contribution in [-0.4, -0.2) is 6.29 Å². The lowest BCUT2D eigenvalue weighted by atomic mass is 9.96.